The van der Waals surface area contributed by atoms with Gasteiger partial charge in [-0.3, -0.25) is 19.4 Å². The molecule has 4 rings (SSSR count). The van der Waals surface area contributed by atoms with Gasteiger partial charge in [0.25, 0.3) is 11.5 Å². The van der Waals surface area contributed by atoms with Gasteiger partial charge in [0, 0.05) is 19.3 Å². The van der Waals surface area contributed by atoms with E-state index in [1.165, 1.54) is 10.5 Å². The van der Waals surface area contributed by atoms with Crippen LogP contribution in [0.3, 0.4) is 0 Å². The molecular weight excluding hydrogens is 390 g/mol. The van der Waals surface area contributed by atoms with Crippen LogP contribution in [0.15, 0.2) is 65.6 Å². The molecule has 158 valence electrons. The molecule has 0 fully saturated rings. The Morgan fingerprint density at radius 1 is 1.13 bits per heavy atom. The average molecular weight is 415 g/mol. The average Bonchev–Trinajstić information content (AvgIpc) is 2.79. The van der Waals surface area contributed by atoms with E-state index in [4.69, 9.17) is 5.41 Å². The molecule has 0 spiro atoms. The summed E-state index contributed by atoms with van der Waals surface area (Å²) in [6.45, 7) is 3.02. The molecule has 0 saturated heterocycles. The maximum Gasteiger partial charge on any atom is 0.267 e. The Morgan fingerprint density at radius 2 is 1.90 bits per heavy atom. The molecule has 4 aromatic rings. The van der Waals surface area contributed by atoms with Gasteiger partial charge in [-0.05, 0) is 36.6 Å². The smallest absolute Gasteiger partial charge is 0.267 e. The second-order valence-electron chi connectivity index (χ2n) is 7.49. The van der Waals surface area contributed by atoms with Crippen LogP contribution in [0.4, 0.5) is 0 Å². The summed E-state index contributed by atoms with van der Waals surface area (Å²) in [5.74, 6) is -0.341. The standard InChI is InChI=1S/C24H25N5O2/c1-2-3-13-26-23(30)18-16-19-22(27-20-11-7-8-14-28(20)24(19)31)29(21(18)25)15-12-17-9-5-4-6-10-17/h4-11,14,16,25H,2-3,12-13,15H2,1H3,(H,26,30). The van der Waals surface area contributed by atoms with Gasteiger partial charge in [0.05, 0.1) is 10.9 Å². The van der Waals surface area contributed by atoms with E-state index in [2.05, 4.69) is 10.3 Å². The fraction of sp³-hybridized carbons (Fsp3) is 0.250. The highest BCUT2D eigenvalue weighted by Crippen LogP contribution is 2.12. The molecule has 7 nitrogen and oxygen atoms in total. The van der Waals surface area contributed by atoms with Gasteiger partial charge in [-0.1, -0.05) is 49.7 Å². The number of carbonyl (C=O) groups excluding carboxylic acids is 1. The number of hydrogen-bond donors (Lipinski definition) is 2. The molecule has 0 atom stereocenters. The van der Waals surface area contributed by atoms with Crippen LogP contribution in [0.1, 0.15) is 35.7 Å². The van der Waals surface area contributed by atoms with Gasteiger partial charge in [0.1, 0.15) is 16.8 Å². The number of carbonyl (C=O) groups is 1. The molecule has 0 aliphatic carbocycles. The highest BCUT2D eigenvalue weighted by molar-refractivity contribution is 5.96. The monoisotopic (exact) mass is 415 g/mol. The predicted molar refractivity (Wildman–Crippen MR) is 120 cm³/mol. The molecule has 0 aliphatic heterocycles. The zero-order chi connectivity index (χ0) is 21.8. The van der Waals surface area contributed by atoms with Crippen molar-refractivity contribution in [3.05, 3.63) is 87.8 Å². The third-order valence-electron chi connectivity index (χ3n) is 5.35. The van der Waals surface area contributed by atoms with Crippen LogP contribution in [0.2, 0.25) is 0 Å². The lowest BCUT2D eigenvalue weighted by Crippen LogP contribution is -2.35. The van der Waals surface area contributed by atoms with Gasteiger partial charge >= 0.3 is 0 Å². The lowest BCUT2D eigenvalue weighted by molar-refractivity contribution is 0.0950. The first-order valence-electron chi connectivity index (χ1n) is 10.5. The molecule has 1 aromatic carbocycles. The number of nitrogens with one attached hydrogen (secondary N) is 2. The molecule has 0 bridgehead atoms. The zero-order valence-corrected chi connectivity index (χ0v) is 17.5. The van der Waals surface area contributed by atoms with Crippen molar-refractivity contribution < 1.29 is 4.79 Å². The second-order valence-corrected chi connectivity index (χ2v) is 7.49. The molecule has 0 saturated carbocycles. The molecule has 7 heteroatoms. The van der Waals surface area contributed by atoms with E-state index in [1.807, 2.05) is 43.3 Å². The second kappa shape index (κ2) is 8.95. The van der Waals surface area contributed by atoms with Crippen LogP contribution < -0.4 is 16.4 Å². The number of nitrogens with zero attached hydrogens (tertiary/aromatic N) is 3. The van der Waals surface area contributed by atoms with Crippen LogP contribution in [-0.4, -0.2) is 26.4 Å². The van der Waals surface area contributed by atoms with Crippen LogP contribution in [-0.2, 0) is 13.0 Å². The van der Waals surface area contributed by atoms with Crippen molar-refractivity contribution in [2.75, 3.05) is 6.54 Å². The number of amides is 1. The molecule has 3 heterocycles. The van der Waals surface area contributed by atoms with Gasteiger partial charge in [-0.2, -0.15) is 0 Å². The molecule has 2 N–H and O–H groups in total. The van der Waals surface area contributed by atoms with E-state index in [1.54, 1.807) is 22.9 Å². The molecule has 0 radical (unpaired) electrons. The van der Waals surface area contributed by atoms with Crippen LogP contribution in [0.5, 0.6) is 0 Å². The largest absolute Gasteiger partial charge is 0.352 e. The molecule has 3 aromatic heterocycles. The molecule has 0 aliphatic rings. The van der Waals surface area contributed by atoms with Crippen molar-refractivity contribution in [3.63, 3.8) is 0 Å². The van der Waals surface area contributed by atoms with Crippen molar-refractivity contribution in [2.45, 2.75) is 32.7 Å². The van der Waals surface area contributed by atoms with Gasteiger partial charge in [-0.25, -0.2) is 4.98 Å². The predicted octanol–water partition coefficient (Wildman–Crippen LogP) is 2.90. The van der Waals surface area contributed by atoms with Gasteiger partial charge in [0.15, 0.2) is 0 Å². The Morgan fingerprint density at radius 3 is 2.68 bits per heavy atom. The molecule has 31 heavy (non-hydrogen) atoms. The SMILES string of the molecule is CCCCNC(=O)c1cc2c(=O)n3ccccc3nc2n(CCc2ccccc2)c1=N. The van der Waals surface area contributed by atoms with Crippen molar-refractivity contribution in [1.82, 2.24) is 19.3 Å². The lowest BCUT2D eigenvalue weighted by Gasteiger charge is -2.15. The van der Waals surface area contributed by atoms with E-state index in [0.717, 1.165) is 18.4 Å². The number of aryl methyl sites for hydroxylation is 2. The number of fused-ring (bicyclic) bond motifs is 2. The molecular formula is C24H25N5O2. The maximum atomic E-state index is 13.2. The van der Waals surface area contributed by atoms with Crippen molar-refractivity contribution in [1.29, 1.82) is 5.41 Å². The third kappa shape index (κ3) is 4.12. The molecule has 0 unspecified atom stereocenters. The molecule has 1 amide bonds. The fourth-order valence-corrected chi connectivity index (χ4v) is 3.64. The highest BCUT2D eigenvalue weighted by Gasteiger charge is 2.17. The van der Waals surface area contributed by atoms with E-state index in [9.17, 15) is 9.59 Å². The van der Waals surface area contributed by atoms with Gasteiger partial charge in [-0.15, -0.1) is 0 Å². The lowest BCUT2D eigenvalue weighted by atomic mass is 10.1. The van der Waals surface area contributed by atoms with E-state index >= 15 is 0 Å². The summed E-state index contributed by atoms with van der Waals surface area (Å²) < 4.78 is 3.14. The first-order chi connectivity index (χ1) is 15.1. The minimum atomic E-state index is -0.341. The van der Waals surface area contributed by atoms with Crippen molar-refractivity contribution in [2.24, 2.45) is 0 Å². The number of pyridine rings is 2. The van der Waals surface area contributed by atoms with Crippen molar-refractivity contribution in [3.8, 4) is 0 Å². The Kier molecular flexibility index (Phi) is 5.93. The first kappa shape index (κ1) is 20.5. The topological polar surface area (TPSA) is 92.2 Å². The summed E-state index contributed by atoms with van der Waals surface area (Å²) in [6, 6.07) is 16.8. The van der Waals surface area contributed by atoms with E-state index in [-0.39, 0.29) is 22.5 Å². The normalized spacial score (nSPS) is 11.1. The maximum absolute atomic E-state index is 13.2. The Balaban J connectivity index is 1.88. The quantitative estimate of drug-likeness (QED) is 0.359. The first-order valence-corrected chi connectivity index (χ1v) is 10.5. The Labute approximate surface area is 179 Å². The fourth-order valence-electron chi connectivity index (χ4n) is 3.64. The minimum Gasteiger partial charge on any atom is -0.352 e. The van der Waals surface area contributed by atoms with Gasteiger partial charge in [0.2, 0.25) is 0 Å². The van der Waals surface area contributed by atoms with Crippen LogP contribution in [0.25, 0.3) is 16.7 Å². The number of unbranched alkanes of at least 4 members (excludes halogenated alkanes) is 1. The minimum absolute atomic E-state index is 0.0598. The van der Waals surface area contributed by atoms with Crippen LogP contribution in [0, 0.1) is 5.41 Å². The summed E-state index contributed by atoms with van der Waals surface area (Å²) in [6.07, 6.45) is 4.13. The third-order valence-corrected chi connectivity index (χ3v) is 5.35. The number of rotatable bonds is 7. The summed E-state index contributed by atoms with van der Waals surface area (Å²) in [5, 5.41) is 11.9. The van der Waals surface area contributed by atoms with Gasteiger partial charge < -0.3 is 9.88 Å². The summed E-state index contributed by atoms with van der Waals surface area (Å²) in [5.41, 5.74) is 2.03. The number of aromatic nitrogens is 3. The number of benzene rings is 1. The number of hydrogen-bond acceptors (Lipinski definition) is 4. The highest BCUT2D eigenvalue weighted by atomic mass is 16.1. The Hall–Kier alpha value is -3.74. The van der Waals surface area contributed by atoms with E-state index in [0.29, 0.717) is 36.2 Å². The van der Waals surface area contributed by atoms with Crippen LogP contribution >= 0.6 is 0 Å². The van der Waals surface area contributed by atoms with Crippen molar-refractivity contribution >= 4 is 22.6 Å². The summed E-state index contributed by atoms with van der Waals surface area (Å²) in [7, 11) is 0. The van der Waals surface area contributed by atoms with E-state index < -0.39 is 0 Å². The zero-order valence-electron chi connectivity index (χ0n) is 17.5. The summed E-state index contributed by atoms with van der Waals surface area (Å²) >= 11 is 0. The Bertz CT molecular complexity index is 1360. The summed E-state index contributed by atoms with van der Waals surface area (Å²) in [4.78, 5) is 30.7.